The highest BCUT2D eigenvalue weighted by Crippen LogP contribution is 2.34. The molecular formula is C25H31NO7. The summed E-state index contributed by atoms with van der Waals surface area (Å²) in [6.45, 7) is 4.87. The van der Waals surface area contributed by atoms with E-state index in [0.717, 1.165) is 11.1 Å². The van der Waals surface area contributed by atoms with Gasteiger partial charge in [-0.1, -0.05) is 19.9 Å². The maximum atomic E-state index is 12.6. The zero-order valence-corrected chi connectivity index (χ0v) is 19.8. The Labute approximate surface area is 194 Å². The van der Waals surface area contributed by atoms with Gasteiger partial charge in [0.05, 0.1) is 27.9 Å². The molecule has 8 heteroatoms. The third-order valence-corrected chi connectivity index (χ3v) is 5.36. The summed E-state index contributed by atoms with van der Waals surface area (Å²) in [5.41, 5.74) is 2.54. The normalized spacial score (nSPS) is 15.0. The molecule has 1 amide bonds. The summed E-state index contributed by atoms with van der Waals surface area (Å²) < 4.78 is 27.0. The number of amides is 1. The van der Waals surface area contributed by atoms with Crippen LogP contribution in [0.5, 0.6) is 17.2 Å². The molecule has 0 saturated carbocycles. The van der Waals surface area contributed by atoms with Gasteiger partial charge in [0.15, 0.2) is 6.04 Å². The number of methoxy groups -OCH3 is 3. The van der Waals surface area contributed by atoms with Crippen LogP contribution in [0.25, 0.3) is 0 Å². The fraction of sp³-hybridized carbons (Fsp3) is 0.440. The van der Waals surface area contributed by atoms with E-state index in [9.17, 15) is 9.59 Å². The maximum Gasteiger partial charge on any atom is 0.410 e. The third-order valence-electron chi connectivity index (χ3n) is 5.36. The Morgan fingerprint density at radius 2 is 1.70 bits per heavy atom. The van der Waals surface area contributed by atoms with Gasteiger partial charge in [-0.25, -0.2) is 9.59 Å². The lowest BCUT2D eigenvalue weighted by molar-refractivity contribution is -0.147. The summed E-state index contributed by atoms with van der Waals surface area (Å²) in [4.78, 5) is 26.6. The molecule has 1 unspecified atom stereocenters. The number of benzene rings is 2. The molecule has 0 N–H and O–H groups in total. The van der Waals surface area contributed by atoms with Crippen LogP contribution in [0.15, 0.2) is 36.4 Å². The largest absolute Gasteiger partial charge is 0.497 e. The van der Waals surface area contributed by atoms with Gasteiger partial charge < -0.3 is 23.7 Å². The molecule has 0 saturated heterocycles. The van der Waals surface area contributed by atoms with Crippen molar-refractivity contribution in [1.29, 1.82) is 0 Å². The Balaban J connectivity index is 1.78. The lowest BCUT2D eigenvalue weighted by Gasteiger charge is -2.35. The minimum atomic E-state index is -0.852. The number of hydrogen-bond acceptors (Lipinski definition) is 7. The summed E-state index contributed by atoms with van der Waals surface area (Å²) in [6, 6.07) is 10.2. The first-order valence-electron chi connectivity index (χ1n) is 10.8. The van der Waals surface area contributed by atoms with Gasteiger partial charge in [-0.3, -0.25) is 4.90 Å². The first-order chi connectivity index (χ1) is 15.9. The highest BCUT2D eigenvalue weighted by Gasteiger charge is 2.38. The molecule has 1 aliphatic heterocycles. The van der Waals surface area contributed by atoms with Crippen molar-refractivity contribution in [3.8, 4) is 17.2 Å². The van der Waals surface area contributed by atoms with E-state index < -0.39 is 18.1 Å². The minimum absolute atomic E-state index is 0.201. The molecule has 1 atom stereocenters. The van der Waals surface area contributed by atoms with Crippen molar-refractivity contribution in [3.05, 3.63) is 53.1 Å². The molecule has 0 aromatic heterocycles. The van der Waals surface area contributed by atoms with Crippen molar-refractivity contribution in [2.75, 3.05) is 34.5 Å². The number of rotatable bonds is 8. The van der Waals surface area contributed by atoms with Gasteiger partial charge in [0.1, 0.15) is 23.9 Å². The van der Waals surface area contributed by atoms with Crippen LogP contribution in [0.1, 0.15) is 36.6 Å². The van der Waals surface area contributed by atoms with Crippen molar-refractivity contribution >= 4 is 12.1 Å². The van der Waals surface area contributed by atoms with E-state index in [2.05, 4.69) is 0 Å². The van der Waals surface area contributed by atoms with Gasteiger partial charge in [-0.15, -0.1) is 0 Å². The zero-order valence-electron chi connectivity index (χ0n) is 19.8. The number of carbonyl (C=O) groups is 2. The Hall–Kier alpha value is -3.42. The summed E-state index contributed by atoms with van der Waals surface area (Å²) in [6.07, 6.45) is 0.0566. The van der Waals surface area contributed by atoms with Crippen LogP contribution in [0.2, 0.25) is 0 Å². The molecule has 0 aliphatic carbocycles. The van der Waals surface area contributed by atoms with Crippen molar-refractivity contribution in [3.63, 3.8) is 0 Å². The van der Waals surface area contributed by atoms with Crippen molar-refractivity contribution in [1.82, 2.24) is 4.90 Å². The number of nitrogens with zero attached hydrogens (tertiary/aromatic N) is 1. The molecule has 2 aromatic carbocycles. The van der Waals surface area contributed by atoms with Crippen LogP contribution in [0.3, 0.4) is 0 Å². The fourth-order valence-electron chi connectivity index (χ4n) is 3.69. The number of fused-ring (bicyclic) bond motifs is 1. The zero-order chi connectivity index (χ0) is 24.0. The molecule has 0 bridgehead atoms. The second-order valence-corrected chi connectivity index (χ2v) is 8.21. The number of hydrogen-bond donors (Lipinski definition) is 0. The topological polar surface area (TPSA) is 83.5 Å². The van der Waals surface area contributed by atoms with Gasteiger partial charge in [0.2, 0.25) is 0 Å². The fourth-order valence-corrected chi connectivity index (χ4v) is 3.69. The first-order valence-corrected chi connectivity index (χ1v) is 10.8. The first kappa shape index (κ1) is 24.2. The van der Waals surface area contributed by atoms with E-state index in [4.69, 9.17) is 23.7 Å². The van der Waals surface area contributed by atoms with Crippen molar-refractivity contribution < 1.29 is 33.3 Å². The number of ether oxygens (including phenoxy) is 5. The van der Waals surface area contributed by atoms with Crippen LogP contribution in [-0.2, 0) is 27.3 Å². The molecule has 178 valence electrons. The Bertz CT molecular complexity index is 966. The number of esters is 1. The number of carbonyl (C=O) groups excluding carboxylic acids is 2. The quantitative estimate of drug-likeness (QED) is 0.551. The molecule has 2 aromatic rings. The summed E-state index contributed by atoms with van der Waals surface area (Å²) in [7, 11) is 4.51. The Kier molecular flexibility index (Phi) is 8.03. The highest BCUT2D eigenvalue weighted by molar-refractivity contribution is 5.84. The predicted molar refractivity (Wildman–Crippen MR) is 122 cm³/mol. The Morgan fingerprint density at radius 1 is 1.00 bits per heavy atom. The van der Waals surface area contributed by atoms with Crippen LogP contribution in [0, 0.1) is 5.92 Å². The molecular weight excluding hydrogens is 426 g/mol. The van der Waals surface area contributed by atoms with Gasteiger partial charge >= 0.3 is 12.1 Å². The van der Waals surface area contributed by atoms with Crippen molar-refractivity contribution in [2.24, 2.45) is 5.92 Å². The smallest absolute Gasteiger partial charge is 0.410 e. The predicted octanol–water partition coefficient (Wildman–Crippen LogP) is 4.15. The lowest BCUT2D eigenvalue weighted by atomic mass is 9.92. The van der Waals surface area contributed by atoms with E-state index in [0.29, 0.717) is 42.4 Å². The van der Waals surface area contributed by atoms with Gasteiger partial charge in [-0.05, 0) is 53.3 Å². The van der Waals surface area contributed by atoms with E-state index in [1.54, 1.807) is 32.4 Å². The SMILES string of the molecule is COC(=O)C1c2ccc(OCc3cc(OC)cc(OC)c3)cc2CCN1C(=O)OCC(C)C. The summed E-state index contributed by atoms with van der Waals surface area (Å²) >= 11 is 0. The summed E-state index contributed by atoms with van der Waals surface area (Å²) in [5.74, 6) is 1.73. The van der Waals surface area contributed by atoms with Crippen LogP contribution in [0.4, 0.5) is 4.79 Å². The Morgan fingerprint density at radius 3 is 2.30 bits per heavy atom. The molecule has 1 aliphatic rings. The maximum absolute atomic E-state index is 12.6. The van der Waals surface area contributed by atoms with E-state index >= 15 is 0 Å². The molecule has 8 nitrogen and oxygen atoms in total. The molecule has 0 radical (unpaired) electrons. The molecule has 3 rings (SSSR count). The van der Waals surface area contributed by atoms with E-state index in [-0.39, 0.29) is 12.5 Å². The molecule has 0 spiro atoms. The van der Waals surface area contributed by atoms with Gasteiger partial charge in [0.25, 0.3) is 0 Å². The van der Waals surface area contributed by atoms with Crippen LogP contribution < -0.4 is 14.2 Å². The average molecular weight is 458 g/mol. The van der Waals surface area contributed by atoms with E-state index in [1.165, 1.54) is 12.0 Å². The van der Waals surface area contributed by atoms with Gasteiger partial charge in [0, 0.05) is 12.6 Å². The minimum Gasteiger partial charge on any atom is -0.497 e. The molecule has 33 heavy (non-hydrogen) atoms. The van der Waals surface area contributed by atoms with Crippen LogP contribution in [-0.4, -0.2) is 51.4 Å². The van der Waals surface area contributed by atoms with Crippen LogP contribution >= 0.6 is 0 Å². The second-order valence-electron chi connectivity index (χ2n) is 8.21. The third kappa shape index (κ3) is 5.88. The van der Waals surface area contributed by atoms with Gasteiger partial charge in [-0.2, -0.15) is 0 Å². The standard InChI is InChI=1S/C25H31NO7/c1-16(2)14-33-25(28)26-9-8-18-12-19(6-7-22(18)23(26)24(27)31-5)32-15-17-10-20(29-3)13-21(11-17)30-4/h6-7,10-13,16,23H,8-9,14-15H2,1-5H3. The lowest BCUT2D eigenvalue weighted by Crippen LogP contribution is -2.44. The molecule has 1 heterocycles. The van der Waals surface area contributed by atoms with E-state index in [1.807, 2.05) is 32.0 Å². The van der Waals surface area contributed by atoms with Crippen molar-refractivity contribution in [2.45, 2.75) is 32.9 Å². The highest BCUT2D eigenvalue weighted by atomic mass is 16.6. The second kappa shape index (κ2) is 10.9. The summed E-state index contributed by atoms with van der Waals surface area (Å²) in [5, 5.41) is 0. The average Bonchev–Trinajstić information content (AvgIpc) is 2.84. The monoisotopic (exact) mass is 457 g/mol. The molecule has 0 fully saturated rings.